The Kier molecular flexibility index (Phi) is 4.20. The standard InChI is InChI=1S/C14H20N2O2/c1-10(8-16-12-4-5-12)9-18-13-6-2-11(3-7-13)14(15)17/h2-3,6-7,10,12,16H,4-5,8-9H2,1H3,(H2,15,17). The lowest BCUT2D eigenvalue weighted by atomic mass is 10.2. The molecule has 1 saturated carbocycles. The molecule has 0 aliphatic heterocycles. The number of nitrogens with one attached hydrogen (secondary N) is 1. The molecule has 1 aliphatic rings. The van der Waals surface area contributed by atoms with Crippen LogP contribution in [-0.2, 0) is 0 Å². The number of carbonyl (C=O) groups is 1. The predicted octanol–water partition coefficient (Wildman–Crippen LogP) is 1.55. The first kappa shape index (κ1) is 12.9. The lowest BCUT2D eigenvalue weighted by Crippen LogP contribution is -2.26. The zero-order valence-corrected chi connectivity index (χ0v) is 10.7. The monoisotopic (exact) mass is 248 g/mol. The Hall–Kier alpha value is -1.55. The molecule has 4 heteroatoms. The van der Waals surface area contributed by atoms with Crippen molar-refractivity contribution in [3.05, 3.63) is 29.8 Å². The average Bonchev–Trinajstić information content (AvgIpc) is 3.18. The summed E-state index contributed by atoms with van der Waals surface area (Å²) in [5.41, 5.74) is 5.68. The van der Waals surface area contributed by atoms with Gasteiger partial charge in [0.25, 0.3) is 0 Å². The van der Waals surface area contributed by atoms with E-state index in [9.17, 15) is 4.79 Å². The van der Waals surface area contributed by atoms with Crippen LogP contribution in [-0.4, -0.2) is 25.1 Å². The maximum absolute atomic E-state index is 10.9. The van der Waals surface area contributed by atoms with Gasteiger partial charge in [0.1, 0.15) is 5.75 Å². The zero-order chi connectivity index (χ0) is 13.0. The molecule has 1 aliphatic carbocycles. The fourth-order valence-electron chi connectivity index (χ4n) is 1.67. The number of ether oxygens (including phenoxy) is 1. The summed E-state index contributed by atoms with van der Waals surface area (Å²) in [7, 11) is 0. The van der Waals surface area contributed by atoms with E-state index in [0.717, 1.165) is 18.3 Å². The first-order chi connectivity index (χ1) is 8.65. The molecule has 1 fully saturated rings. The first-order valence-corrected chi connectivity index (χ1v) is 6.41. The highest BCUT2D eigenvalue weighted by atomic mass is 16.5. The molecule has 1 aromatic rings. The van der Waals surface area contributed by atoms with Gasteiger partial charge in [0.15, 0.2) is 0 Å². The van der Waals surface area contributed by atoms with Crippen molar-refractivity contribution in [2.45, 2.75) is 25.8 Å². The van der Waals surface area contributed by atoms with Crippen LogP contribution >= 0.6 is 0 Å². The normalized spacial score (nSPS) is 16.3. The summed E-state index contributed by atoms with van der Waals surface area (Å²) in [6.45, 7) is 3.83. The lowest BCUT2D eigenvalue weighted by molar-refractivity contribution is 0.100. The van der Waals surface area contributed by atoms with Gasteiger partial charge in [-0.25, -0.2) is 0 Å². The highest BCUT2D eigenvalue weighted by Gasteiger charge is 2.20. The second kappa shape index (κ2) is 5.87. The van der Waals surface area contributed by atoms with E-state index in [1.54, 1.807) is 24.3 Å². The van der Waals surface area contributed by atoms with E-state index >= 15 is 0 Å². The van der Waals surface area contributed by atoms with Crippen molar-refractivity contribution in [3.8, 4) is 5.75 Å². The minimum atomic E-state index is -0.413. The van der Waals surface area contributed by atoms with E-state index in [4.69, 9.17) is 10.5 Å². The molecule has 0 bridgehead atoms. The maximum Gasteiger partial charge on any atom is 0.248 e. The van der Waals surface area contributed by atoms with Crippen molar-refractivity contribution >= 4 is 5.91 Å². The molecule has 0 aromatic heterocycles. The van der Waals surface area contributed by atoms with Gasteiger partial charge < -0.3 is 15.8 Å². The Balaban J connectivity index is 1.72. The van der Waals surface area contributed by atoms with E-state index < -0.39 is 5.91 Å². The molecular formula is C14H20N2O2. The third-order valence-corrected chi connectivity index (χ3v) is 3.01. The van der Waals surface area contributed by atoms with Crippen LogP contribution in [0.2, 0.25) is 0 Å². The fraction of sp³-hybridized carbons (Fsp3) is 0.500. The van der Waals surface area contributed by atoms with E-state index in [2.05, 4.69) is 12.2 Å². The maximum atomic E-state index is 10.9. The second-order valence-electron chi connectivity index (χ2n) is 4.99. The molecule has 2 rings (SSSR count). The number of benzene rings is 1. The Labute approximate surface area is 108 Å². The fourth-order valence-corrected chi connectivity index (χ4v) is 1.67. The molecule has 1 unspecified atom stereocenters. The second-order valence-corrected chi connectivity index (χ2v) is 4.99. The first-order valence-electron chi connectivity index (χ1n) is 6.41. The van der Waals surface area contributed by atoms with Crippen molar-refractivity contribution in [1.29, 1.82) is 0 Å². The SMILES string of the molecule is CC(CNC1CC1)COc1ccc(C(N)=O)cc1. The van der Waals surface area contributed by atoms with Crippen LogP contribution in [0.5, 0.6) is 5.75 Å². The smallest absolute Gasteiger partial charge is 0.248 e. The van der Waals surface area contributed by atoms with Gasteiger partial charge in [0.2, 0.25) is 5.91 Å². The summed E-state index contributed by atoms with van der Waals surface area (Å²) in [6, 6.07) is 7.67. The van der Waals surface area contributed by atoms with Gasteiger partial charge in [0, 0.05) is 24.1 Å². The molecule has 4 nitrogen and oxygen atoms in total. The molecule has 0 heterocycles. The number of amides is 1. The molecule has 18 heavy (non-hydrogen) atoms. The van der Waals surface area contributed by atoms with Gasteiger partial charge in [-0.15, -0.1) is 0 Å². The third-order valence-electron chi connectivity index (χ3n) is 3.01. The van der Waals surface area contributed by atoms with E-state index in [1.807, 2.05) is 0 Å². The third kappa shape index (κ3) is 4.04. The number of hydrogen-bond acceptors (Lipinski definition) is 3. The molecule has 1 atom stereocenters. The highest BCUT2D eigenvalue weighted by molar-refractivity contribution is 5.92. The number of hydrogen-bond donors (Lipinski definition) is 2. The number of primary amides is 1. The summed E-state index contributed by atoms with van der Waals surface area (Å²) in [5, 5.41) is 3.48. The van der Waals surface area contributed by atoms with E-state index in [-0.39, 0.29) is 0 Å². The molecule has 1 aromatic carbocycles. The van der Waals surface area contributed by atoms with Crippen LogP contribution in [0.1, 0.15) is 30.1 Å². The topological polar surface area (TPSA) is 64.3 Å². The summed E-state index contributed by atoms with van der Waals surface area (Å²) in [5.74, 6) is 0.836. The minimum absolute atomic E-state index is 0.413. The molecule has 3 N–H and O–H groups in total. The molecule has 1 amide bonds. The molecule has 98 valence electrons. The largest absolute Gasteiger partial charge is 0.493 e. The molecular weight excluding hydrogens is 228 g/mol. The summed E-state index contributed by atoms with van der Waals surface area (Å²) < 4.78 is 5.66. The van der Waals surface area contributed by atoms with Crippen molar-refractivity contribution < 1.29 is 9.53 Å². The Bertz CT molecular complexity index is 399. The average molecular weight is 248 g/mol. The summed E-state index contributed by atoms with van der Waals surface area (Å²) in [6.07, 6.45) is 2.62. The van der Waals surface area contributed by atoms with Gasteiger partial charge in [-0.2, -0.15) is 0 Å². The van der Waals surface area contributed by atoms with Crippen molar-refractivity contribution in [1.82, 2.24) is 5.32 Å². The molecule has 0 radical (unpaired) electrons. The van der Waals surface area contributed by atoms with Crippen LogP contribution in [0, 0.1) is 5.92 Å². The van der Waals surface area contributed by atoms with Crippen LogP contribution < -0.4 is 15.8 Å². The van der Waals surface area contributed by atoms with Gasteiger partial charge in [-0.05, 0) is 37.1 Å². The zero-order valence-electron chi connectivity index (χ0n) is 10.7. The van der Waals surface area contributed by atoms with Gasteiger partial charge in [-0.1, -0.05) is 6.92 Å². The van der Waals surface area contributed by atoms with Crippen molar-refractivity contribution in [2.75, 3.05) is 13.2 Å². The van der Waals surface area contributed by atoms with Crippen LogP contribution in [0.25, 0.3) is 0 Å². The predicted molar refractivity (Wildman–Crippen MR) is 70.6 cm³/mol. The van der Waals surface area contributed by atoms with Crippen molar-refractivity contribution in [3.63, 3.8) is 0 Å². The van der Waals surface area contributed by atoms with Crippen LogP contribution in [0.3, 0.4) is 0 Å². The van der Waals surface area contributed by atoms with Crippen LogP contribution in [0.4, 0.5) is 0 Å². The van der Waals surface area contributed by atoms with Gasteiger partial charge in [0.05, 0.1) is 6.61 Å². The number of carbonyl (C=O) groups excluding carboxylic acids is 1. The van der Waals surface area contributed by atoms with E-state index in [0.29, 0.717) is 18.1 Å². The number of rotatable bonds is 7. The Morgan fingerprint density at radius 1 is 1.44 bits per heavy atom. The van der Waals surface area contributed by atoms with Gasteiger partial charge in [-0.3, -0.25) is 4.79 Å². The van der Waals surface area contributed by atoms with E-state index in [1.165, 1.54) is 12.8 Å². The van der Waals surface area contributed by atoms with Crippen LogP contribution in [0.15, 0.2) is 24.3 Å². The quantitative estimate of drug-likeness (QED) is 0.769. The Morgan fingerprint density at radius 2 is 2.11 bits per heavy atom. The highest BCUT2D eigenvalue weighted by Crippen LogP contribution is 2.19. The number of nitrogens with two attached hydrogens (primary N) is 1. The van der Waals surface area contributed by atoms with Gasteiger partial charge >= 0.3 is 0 Å². The summed E-state index contributed by atoms with van der Waals surface area (Å²) in [4.78, 5) is 10.9. The molecule has 0 spiro atoms. The lowest BCUT2D eigenvalue weighted by Gasteiger charge is -2.13. The minimum Gasteiger partial charge on any atom is -0.493 e. The van der Waals surface area contributed by atoms with Crippen molar-refractivity contribution in [2.24, 2.45) is 11.7 Å². The molecule has 0 saturated heterocycles. The Morgan fingerprint density at radius 3 is 2.67 bits per heavy atom. The summed E-state index contributed by atoms with van der Waals surface area (Å²) >= 11 is 0.